The summed E-state index contributed by atoms with van der Waals surface area (Å²) in [5.41, 5.74) is 0. The monoisotopic (exact) mass is 325 g/mol. The number of hydrogen-bond acceptors (Lipinski definition) is 5. The number of nitrogens with zero attached hydrogens (tertiary/aromatic N) is 3. The van der Waals surface area contributed by atoms with Crippen LogP contribution in [0, 0.1) is 0 Å². The van der Waals surface area contributed by atoms with Gasteiger partial charge in [-0.25, -0.2) is 13.4 Å². The van der Waals surface area contributed by atoms with Crippen molar-refractivity contribution in [2.75, 3.05) is 31.1 Å². The summed E-state index contributed by atoms with van der Waals surface area (Å²) in [7, 11) is -3.40. The molecule has 0 aromatic carbocycles. The maximum Gasteiger partial charge on any atom is 0.244 e. The largest absolute Gasteiger partial charge is 0.395 e. The van der Waals surface area contributed by atoms with E-state index in [1.807, 2.05) is 0 Å². The van der Waals surface area contributed by atoms with Gasteiger partial charge in [0.05, 0.1) is 6.61 Å². The van der Waals surface area contributed by atoms with E-state index in [0.29, 0.717) is 25.7 Å². The number of anilines is 1. The lowest BCUT2D eigenvalue weighted by Crippen LogP contribution is -2.42. The Balaban J connectivity index is 1.79. The minimum Gasteiger partial charge on any atom is -0.395 e. The van der Waals surface area contributed by atoms with Gasteiger partial charge in [-0.15, -0.1) is 0 Å². The molecule has 1 aliphatic carbocycles. The molecule has 2 heterocycles. The van der Waals surface area contributed by atoms with E-state index in [-0.39, 0.29) is 11.5 Å². The Kier molecular flexibility index (Phi) is 4.65. The van der Waals surface area contributed by atoms with Gasteiger partial charge in [-0.05, 0) is 44.2 Å². The van der Waals surface area contributed by atoms with Crippen LogP contribution < -0.4 is 4.90 Å². The summed E-state index contributed by atoms with van der Waals surface area (Å²) in [5.74, 6) is 0.749. The Morgan fingerprint density at radius 2 is 1.95 bits per heavy atom. The van der Waals surface area contributed by atoms with Crippen LogP contribution in [-0.2, 0) is 10.0 Å². The van der Waals surface area contributed by atoms with Crippen LogP contribution in [0.2, 0.25) is 0 Å². The van der Waals surface area contributed by atoms with Gasteiger partial charge in [-0.1, -0.05) is 0 Å². The molecule has 2 aliphatic rings. The molecule has 1 saturated heterocycles. The predicted octanol–water partition coefficient (Wildman–Crippen LogP) is 1.22. The predicted molar refractivity (Wildman–Crippen MR) is 84.3 cm³/mol. The fraction of sp³-hybridized carbons (Fsp3) is 0.667. The SMILES string of the molecule is O=S(=O)(c1ccc(N(CCO)C2CCC2)nc1)N1CCCC1. The van der Waals surface area contributed by atoms with Crippen molar-refractivity contribution in [3.8, 4) is 0 Å². The number of aliphatic hydroxyl groups excluding tert-OH is 1. The first-order chi connectivity index (χ1) is 10.6. The lowest BCUT2D eigenvalue weighted by atomic mass is 9.91. The molecule has 1 aromatic heterocycles. The van der Waals surface area contributed by atoms with Gasteiger partial charge in [0.15, 0.2) is 0 Å². The highest BCUT2D eigenvalue weighted by molar-refractivity contribution is 7.89. The standard InChI is InChI=1S/C15H23N3O3S/c19-11-10-18(13-4-3-5-13)15-7-6-14(12-16-15)22(20,21)17-8-1-2-9-17/h6-7,12-13,19H,1-5,8-11H2. The summed E-state index contributed by atoms with van der Waals surface area (Å²) in [6.07, 6.45) is 6.72. The second kappa shape index (κ2) is 6.52. The van der Waals surface area contributed by atoms with Crippen molar-refractivity contribution in [3.05, 3.63) is 18.3 Å². The van der Waals surface area contributed by atoms with Crippen molar-refractivity contribution >= 4 is 15.8 Å². The van der Waals surface area contributed by atoms with Gasteiger partial charge in [-0.2, -0.15) is 4.31 Å². The molecular weight excluding hydrogens is 302 g/mol. The van der Waals surface area contributed by atoms with E-state index in [4.69, 9.17) is 0 Å². The maximum atomic E-state index is 12.5. The van der Waals surface area contributed by atoms with E-state index in [9.17, 15) is 13.5 Å². The molecule has 1 N–H and O–H groups in total. The molecule has 3 rings (SSSR count). The molecule has 22 heavy (non-hydrogen) atoms. The number of aromatic nitrogens is 1. The van der Waals surface area contributed by atoms with Crippen molar-refractivity contribution < 1.29 is 13.5 Å². The smallest absolute Gasteiger partial charge is 0.244 e. The molecule has 6 nitrogen and oxygen atoms in total. The zero-order chi connectivity index (χ0) is 15.6. The molecule has 1 aromatic rings. The van der Waals surface area contributed by atoms with Crippen LogP contribution in [-0.4, -0.2) is 55.1 Å². The zero-order valence-corrected chi connectivity index (χ0v) is 13.5. The summed E-state index contributed by atoms with van der Waals surface area (Å²) in [6.45, 7) is 1.81. The molecular formula is C15H23N3O3S. The highest BCUT2D eigenvalue weighted by atomic mass is 32.2. The van der Waals surface area contributed by atoms with E-state index in [0.717, 1.165) is 31.5 Å². The Morgan fingerprint density at radius 3 is 2.45 bits per heavy atom. The van der Waals surface area contributed by atoms with Crippen molar-refractivity contribution in [3.63, 3.8) is 0 Å². The second-order valence-electron chi connectivity index (χ2n) is 5.97. The molecule has 0 unspecified atom stereocenters. The van der Waals surface area contributed by atoms with Crippen LogP contribution >= 0.6 is 0 Å². The average molecular weight is 325 g/mol. The van der Waals surface area contributed by atoms with Crippen LogP contribution in [0.4, 0.5) is 5.82 Å². The fourth-order valence-electron chi connectivity index (χ4n) is 3.06. The summed E-state index contributed by atoms with van der Waals surface area (Å²) in [6, 6.07) is 3.82. The first-order valence-corrected chi connectivity index (χ1v) is 9.40. The molecule has 0 amide bonds. The quantitative estimate of drug-likeness (QED) is 0.851. The van der Waals surface area contributed by atoms with Gasteiger partial charge in [0.1, 0.15) is 10.7 Å². The first kappa shape index (κ1) is 15.7. The zero-order valence-electron chi connectivity index (χ0n) is 12.7. The lowest BCUT2D eigenvalue weighted by Gasteiger charge is -2.38. The molecule has 0 spiro atoms. The normalized spacial score (nSPS) is 20.0. The van der Waals surface area contributed by atoms with Crippen LogP contribution in [0.1, 0.15) is 32.1 Å². The Morgan fingerprint density at radius 1 is 1.23 bits per heavy atom. The second-order valence-corrected chi connectivity index (χ2v) is 7.90. The molecule has 7 heteroatoms. The number of rotatable bonds is 6. The number of pyridine rings is 1. The Bertz CT molecular complexity index is 593. The minimum absolute atomic E-state index is 0.0754. The van der Waals surface area contributed by atoms with E-state index in [1.165, 1.54) is 16.9 Å². The Labute approximate surface area is 131 Å². The number of hydrogen-bond donors (Lipinski definition) is 1. The molecule has 122 valence electrons. The van der Waals surface area contributed by atoms with Crippen molar-refractivity contribution in [2.45, 2.75) is 43.0 Å². The van der Waals surface area contributed by atoms with Crippen LogP contribution in [0.3, 0.4) is 0 Å². The van der Waals surface area contributed by atoms with E-state index < -0.39 is 10.0 Å². The Hall–Kier alpha value is -1.18. The number of sulfonamides is 1. The third-order valence-corrected chi connectivity index (χ3v) is 6.46. The van der Waals surface area contributed by atoms with Gasteiger partial charge in [0.2, 0.25) is 10.0 Å². The summed E-state index contributed by atoms with van der Waals surface area (Å²) in [5, 5.41) is 9.22. The van der Waals surface area contributed by atoms with Crippen LogP contribution in [0.15, 0.2) is 23.2 Å². The summed E-state index contributed by atoms with van der Waals surface area (Å²) in [4.78, 5) is 6.69. The fourth-order valence-corrected chi connectivity index (χ4v) is 4.53. The average Bonchev–Trinajstić information content (AvgIpc) is 3.00. The lowest BCUT2D eigenvalue weighted by molar-refractivity contribution is 0.283. The van der Waals surface area contributed by atoms with Gasteiger partial charge in [0, 0.05) is 31.9 Å². The van der Waals surface area contributed by atoms with Crippen molar-refractivity contribution in [1.29, 1.82) is 0 Å². The molecule has 1 saturated carbocycles. The topological polar surface area (TPSA) is 73.7 Å². The van der Waals surface area contributed by atoms with Crippen LogP contribution in [0.25, 0.3) is 0 Å². The van der Waals surface area contributed by atoms with Crippen LogP contribution in [0.5, 0.6) is 0 Å². The maximum absolute atomic E-state index is 12.5. The first-order valence-electron chi connectivity index (χ1n) is 7.96. The van der Waals surface area contributed by atoms with E-state index >= 15 is 0 Å². The molecule has 0 radical (unpaired) electrons. The van der Waals surface area contributed by atoms with E-state index in [1.54, 1.807) is 12.1 Å². The minimum atomic E-state index is -3.40. The van der Waals surface area contributed by atoms with Crippen molar-refractivity contribution in [2.24, 2.45) is 0 Å². The van der Waals surface area contributed by atoms with E-state index in [2.05, 4.69) is 9.88 Å². The molecule has 0 atom stereocenters. The number of aliphatic hydroxyl groups is 1. The highest BCUT2D eigenvalue weighted by Crippen LogP contribution is 2.29. The molecule has 1 aliphatic heterocycles. The highest BCUT2D eigenvalue weighted by Gasteiger charge is 2.29. The molecule has 0 bridgehead atoms. The van der Waals surface area contributed by atoms with Gasteiger partial charge < -0.3 is 10.0 Å². The van der Waals surface area contributed by atoms with Gasteiger partial charge in [0.25, 0.3) is 0 Å². The van der Waals surface area contributed by atoms with Crippen molar-refractivity contribution in [1.82, 2.24) is 9.29 Å². The third-order valence-electron chi connectivity index (χ3n) is 4.57. The summed E-state index contributed by atoms with van der Waals surface area (Å²) < 4.78 is 26.5. The third kappa shape index (κ3) is 2.98. The molecule has 2 fully saturated rings. The summed E-state index contributed by atoms with van der Waals surface area (Å²) >= 11 is 0. The van der Waals surface area contributed by atoms with Gasteiger partial charge in [-0.3, -0.25) is 0 Å². The van der Waals surface area contributed by atoms with Gasteiger partial charge >= 0.3 is 0 Å².